The number of benzene rings is 3. The van der Waals surface area contributed by atoms with Gasteiger partial charge in [-0.3, -0.25) is 14.4 Å². The summed E-state index contributed by atoms with van der Waals surface area (Å²) in [5.41, 5.74) is 1.66. The topological polar surface area (TPSA) is 80.1 Å². The number of nitrogens with zero attached hydrogens (tertiary/aromatic N) is 2. The number of rotatable bonds is 9. The molecule has 0 radical (unpaired) electrons. The van der Waals surface area contributed by atoms with Crippen molar-refractivity contribution in [3.05, 3.63) is 116 Å². The van der Waals surface area contributed by atoms with Gasteiger partial charge in [0.1, 0.15) is 17.9 Å². The molecule has 2 amide bonds. The Bertz CT molecular complexity index is 1550. The van der Waals surface area contributed by atoms with E-state index in [1.807, 2.05) is 0 Å². The molecule has 4 aromatic rings. The van der Waals surface area contributed by atoms with E-state index in [0.717, 1.165) is 17.3 Å². The summed E-state index contributed by atoms with van der Waals surface area (Å²) >= 11 is 3.39. The molecule has 1 aromatic heterocycles. The van der Waals surface area contributed by atoms with Crippen LogP contribution in [-0.4, -0.2) is 47.4 Å². The lowest BCUT2D eigenvalue weighted by atomic mass is 10.1. The minimum absolute atomic E-state index is 0.0381. The van der Waals surface area contributed by atoms with E-state index < -0.39 is 0 Å². The summed E-state index contributed by atoms with van der Waals surface area (Å²) in [6, 6.07) is 19.7. The average molecular weight is 607 g/mol. The molecule has 0 N–H and O–H groups in total. The zero-order valence-electron chi connectivity index (χ0n) is 21.7. The number of carbonyl (C=O) groups is 2. The third kappa shape index (κ3) is 6.66. The molecule has 0 spiro atoms. The smallest absolute Gasteiger partial charge is 0.254 e. The summed E-state index contributed by atoms with van der Waals surface area (Å²) in [5.74, 6) is -1.04. The second kappa shape index (κ2) is 12.6. The van der Waals surface area contributed by atoms with Gasteiger partial charge in [0.25, 0.3) is 5.91 Å². The van der Waals surface area contributed by atoms with Gasteiger partial charge in [-0.2, -0.15) is 0 Å². The first-order chi connectivity index (χ1) is 19.4. The number of fused-ring (bicyclic) bond motifs is 1. The lowest BCUT2D eigenvalue weighted by Crippen LogP contribution is -2.45. The van der Waals surface area contributed by atoms with Crippen molar-refractivity contribution in [1.82, 2.24) is 9.80 Å². The second-order valence-corrected chi connectivity index (χ2v) is 10.7. The molecule has 2 heterocycles. The molecule has 9 heteroatoms. The van der Waals surface area contributed by atoms with Crippen molar-refractivity contribution in [3.8, 4) is 0 Å². The fourth-order valence-electron chi connectivity index (χ4n) is 4.77. The van der Waals surface area contributed by atoms with Crippen LogP contribution in [0.25, 0.3) is 11.0 Å². The van der Waals surface area contributed by atoms with Crippen LogP contribution in [0, 0.1) is 5.82 Å². The number of carbonyl (C=O) groups excluding carboxylic acids is 2. The van der Waals surface area contributed by atoms with Crippen molar-refractivity contribution in [2.45, 2.75) is 32.0 Å². The van der Waals surface area contributed by atoms with E-state index in [4.69, 9.17) is 9.15 Å². The van der Waals surface area contributed by atoms with Crippen molar-refractivity contribution in [2.24, 2.45) is 0 Å². The summed E-state index contributed by atoms with van der Waals surface area (Å²) in [4.78, 5) is 43.6. The Morgan fingerprint density at radius 2 is 1.70 bits per heavy atom. The highest BCUT2D eigenvalue weighted by molar-refractivity contribution is 9.10. The maximum Gasteiger partial charge on any atom is 0.254 e. The van der Waals surface area contributed by atoms with Gasteiger partial charge in [0.05, 0.1) is 29.9 Å². The van der Waals surface area contributed by atoms with Crippen molar-refractivity contribution < 1.29 is 23.1 Å². The minimum atomic E-state index is -0.389. The van der Waals surface area contributed by atoms with Crippen LogP contribution in [0.4, 0.5) is 4.39 Å². The largest absolute Gasteiger partial charge is 0.464 e. The Kier molecular flexibility index (Phi) is 8.72. The molecule has 1 unspecified atom stereocenters. The number of amides is 2. The zero-order valence-corrected chi connectivity index (χ0v) is 23.3. The molecule has 0 aliphatic carbocycles. The predicted molar refractivity (Wildman–Crippen MR) is 152 cm³/mol. The highest BCUT2D eigenvalue weighted by Gasteiger charge is 2.28. The first-order valence-electron chi connectivity index (χ1n) is 13.1. The summed E-state index contributed by atoms with van der Waals surface area (Å²) < 4.78 is 25.9. The van der Waals surface area contributed by atoms with E-state index in [1.54, 1.807) is 60.7 Å². The summed E-state index contributed by atoms with van der Waals surface area (Å²) in [6.07, 6.45) is 2.90. The molecule has 7 nitrogen and oxygen atoms in total. The lowest BCUT2D eigenvalue weighted by Gasteiger charge is -2.29. The summed E-state index contributed by atoms with van der Waals surface area (Å²) in [7, 11) is 0. The zero-order chi connectivity index (χ0) is 28.1. The molecule has 1 aliphatic rings. The Morgan fingerprint density at radius 3 is 2.42 bits per heavy atom. The summed E-state index contributed by atoms with van der Waals surface area (Å²) in [5, 5.41) is 0.416. The summed E-state index contributed by atoms with van der Waals surface area (Å²) in [6.45, 7) is 0.751. The average Bonchev–Trinajstić information content (AvgIpc) is 3.48. The number of halogens is 2. The van der Waals surface area contributed by atoms with Crippen LogP contribution < -0.4 is 5.43 Å². The van der Waals surface area contributed by atoms with E-state index in [2.05, 4.69) is 15.9 Å². The van der Waals surface area contributed by atoms with E-state index in [9.17, 15) is 18.8 Å². The van der Waals surface area contributed by atoms with Crippen molar-refractivity contribution in [2.75, 3.05) is 19.7 Å². The van der Waals surface area contributed by atoms with Crippen LogP contribution in [0.5, 0.6) is 0 Å². The molecule has 1 saturated heterocycles. The van der Waals surface area contributed by atoms with Crippen LogP contribution in [-0.2, 0) is 22.6 Å². The van der Waals surface area contributed by atoms with Crippen LogP contribution in [0.2, 0.25) is 0 Å². The molecule has 1 fully saturated rings. The van der Waals surface area contributed by atoms with E-state index in [0.29, 0.717) is 34.3 Å². The molecule has 1 atom stereocenters. The number of hydrogen-bond acceptors (Lipinski definition) is 5. The Balaban J connectivity index is 1.43. The predicted octanol–water partition coefficient (Wildman–Crippen LogP) is 5.54. The van der Waals surface area contributed by atoms with E-state index in [-0.39, 0.29) is 55.3 Å². The highest BCUT2D eigenvalue weighted by Crippen LogP contribution is 2.19. The van der Waals surface area contributed by atoms with Gasteiger partial charge in [-0.1, -0.05) is 40.2 Å². The first-order valence-corrected chi connectivity index (χ1v) is 13.8. The van der Waals surface area contributed by atoms with Gasteiger partial charge >= 0.3 is 0 Å². The molecule has 1 aliphatic heterocycles. The molecule has 0 saturated carbocycles. The Hall–Kier alpha value is -3.82. The van der Waals surface area contributed by atoms with Gasteiger partial charge in [0.2, 0.25) is 5.91 Å². The van der Waals surface area contributed by atoms with Crippen LogP contribution in [0.1, 0.15) is 34.3 Å². The quantitative estimate of drug-likeness (QED) is 0.250. The second-order valence-electron chi connectivity index (χ2n) is 9.79. The normalized spacial score (nSPS) is 14.8. The maximum atomic E-state index is 13.8. The molecule has 3 aromatic carbocycles. The molecule has 5 rings (SSSR count). The number of ether oxygens (including phenoxy) is 1. The van der Waals surface area contributed by atoms with Gasteiger partial charge < -0.3 is 19.0 Å². The SMILES string of the molecule is O=C(CN(CC1CCCO1)C(=O)c1ccc(Br)cc1)N(Cc1ccc(F)cc1)Cc1coc2ccccc2c1=O. The Labute approximate surface area is 239 Å². The Morgan fingerprint density at radius 1 is 0.950 bits per heavy atom. The van der Waals surface area contributed by atoms with Crippen molar-refractivity contribution >= 4 is 38.7 Å². The van der Waals surface area contributed by atoms with E-state index >= 15 is 0 Å². The fourth-order valence-corrected chi connectivity index (χ4v) is 5.03. The fraction of sp³-hybridized carbons (Fsp3) is 0.258. The molecule has 40 heavy (non-hydrogen) atoms. The van der Waals surface area contributed by atoms with Gasteiger partial charge in [0.15, 0.2) is 5.43 Å². The molecule has 206 valence electrons. The van der Waals surface area contributed by atoms with Crippen LogP contribution >= 0.6 is 15.9 Å². The van der Waals surface area contributed by atoms with Gasteiger partial charge in [-0.05, 0) is 66.9 Å². The lowest BCUT2D eigenvalue weighted by molar-refractivity contribution is -0.133. The standard InChI is InChI=1S/C31H28BrFN2O5/c32-24-11-9-22(10-12-24)31(38)35(18-26-4-3-15-39-26)19-29(36)34(16-21-7-13-25(33)14-8-21)17-23-20-40-28-6-2-1-5-27(28)30(23)37/h1-2,5-14,20,26H,3-4,15-19H2. The van der Waals surface area contributed by atoms with Crippen LogP contribution in [0.15, 0.2) is 92.7 Å². The first kappa shape index (κ1) is 27.7. The minimum Gasteiger partial charge on any atom is -0.464 e. The molecular formula is C31H28BrFN2O5. The third-order valence-corrected chi connectivity index (χ3v) is 7.43. The monoisotopic (exact) mass is 606 g/mol. The maximum absolute atomic E-state index is 13.8. The number of para-hydroxylation sites is 1. The molecular weight excluding hydrogens is 579 g/mol. The van der Waals surface area contributed by atoms with Crippen LogP contribution in [0.3, 0.4) is 0 Å². The van der Waals surface area contributed by atoms with Crippen molar-refractivity contribution in [3.63, 3.8) is 0 Å². The van der Waals surface area contributed by atoms with Gasteiger partial charge in [0, 0.05) is 29.7 Å². The molecule has 0 bridgehead atoms. The third-order valence-electron chi connectivity index (χ3n) is 6.90. The van der Waals surface area contributed by atoms with Crippen molar-refractivity contribution in [1.29, 1.82) is 0 Å². The number of hydrogen-bond donors (Lipinski definition) is 0. The van der Waals surface area contributed by atoms with E-state index in [1.165, 1.54) is 28.2 Å². The van der Waals surface area contributed by atoms with Gasteiger partial charge in [-0.25, -0.2) is 4.39 Å². The van der Waals surface area contributed by atoms with Gasteiger partial charge in [-0.15, -0.1) is 0 Å². The highest BCUT2D eigenvalue weighted by atomic mass is 79.9.